The molecule has 1 N–H and O–H groups in total. The summed E-state index contributed by atoms with van der Waals surface area (Å²) in [6.45, 7) is 6.73. The van der Waals surface area contributed by atoms with Gasteiger partial charge in [0.05, 0.1) is 12.6 Å². The smallest absolute Gasteiger partial charge is 0.318 e. The molecule has 3 heterocycles. The number of fused-ring (bicyclic) bond motifs is 1. The van der Waals surface area contributed by atoms with Crippen LogP contribution < -0.4 is 10.2 Å². The van der Waals surface area contributed by atoms with Gasteiger partial charge in [-0.25, -0.2) is 0 Å². The van der Waals surface area contributed by atoms with Gasteiger partial charge in [0.25, 0.3) is 0 Å². The number of nitrogens with one attached hydrogen (secondary N) is 1. The zero-order valence-corrected chi connectivity index (χ0v) is 12.0. The highest BCUT2D eigenvalue weighted by Gasteiger charge is 2.28. The Hall–Kier alpha value is -1.40. The maximum absolute atomic E-state index is 5.73. The highest BCUT2D eigenvalue weighted by molar-refractivity contribution is 7.10. The van der Waals surface area contributed by atoms with Gasteiger partial charge < -0.3 is 14.6 Å². The van der Waals surface area contributed by atoms with Gasteiger partial charge in [-0.05, 0) is 36.9 Å². The van der Waals surface area contributed by atoms with Crippen molar-refractivity contribution in [1.82, 2.24) is 15.5 Å². The quantitative estimate of drug-likeness (QED) is 0.930. The SMILES string of the molecule is CCNCc1nnc(N2CCc3sccc3C2C)o1. The van der Waals surface area contributed by atoms with Crippen molar-refractivity contribution in [2.24, 2.45) is 0 Å². The Labute approximate surface area is 116 Å². The fourth-order valence-electron chi connectivity index (χ4n) is 2.43. The van der Waals surface area contributed by atoms with Crippen LogP contribution >= 0.6 is 11.3 Å². The van der Waals surface area contributed by atoms with Crippen LogP contribution in [0.4, 0.5) is 6.01 Å². The summed E-state index contributed by atoms with van der Waals surface area (Å²) in [6, 6.07) is 3.15. The first-order chi connectivity index (χ1) is 9.29. The molecule has 0 fully saturated rings. The van der Waals surface area contributed by atoms with Crippen molar-refractivity contribution in [3.05, 3.63) is 27.8 Å². The summed E-state index contributed by atoms with van der Waals surface area (Å²) in [4.78, 5) is 3.67. The molecule has 19 heavy (non-hydrogen) atoms. The highest BCUT2D eigenvalue weighted by atomic mass is 32.1. The minimum Gasteiger partial charge on any atom is -0.407 e. The third kappa shape index (κ3) is 2.37. The Morgan fingerprint density at radius 1 is 1.53 bits per heavy atom. The molecule has 3 rings (SSSR count). The first kappa shape index (κ1) is 12.6. The normalized spacial score (nSPS) is 18.6. The molecule has 0 aliphatic carbocycles. The fourth-order valence-corrected chi connectivity index (χ4v) is 3.40. The van der Waals surface area contributed by atoms with Crippen molar-refractivity contribution in [3.8, 4) is 0 Å². The van der Waals surface area contributed by atoms with E-state index in [1.54, 1.807) is 0 Å². The summed E-state index contributed by atoms with van der Waals surface area (Å²) in [5.41, 5.74) is 1.39. The minimum absolute atomic E-state index is 0.308. The van der Waals surface area contributed by atoms with Crippen molar-refractivity contribution in [3.63, 3.8) is 0 Å². The van der Waals surface area contributed by atoms with Gasteiger partial charge in [0, 0.05) is 11.4 Å². The zero-order chi connectivity index (χ0) is 13.2. The highest BCUT2D eigenvalue weighted by Crippen LogP contribution is 2.35. The summed E-state index contributed by atoms with van der Waals surface area (Å²) in [6.07, 6.45) is 1.06. The average Bonchev–Trinajstić information content (AvgIpc) is 3.05. The molecule has 1 aliphatic rings. The van der Waals surface area contributed by atoms with E-state index in [1.807, 2.05) is 11.3 Å². The molecule has 102 valence electrons. The van der Waals surface area contributed by atoms with E-state index in [1.165, 1.54) is 10.4 Å². The average molecular weight is 278 g/mol. The van der Waals surface area contributed by atoms with Crippen LogP contribution in [0, 0.1) is 0 Å². The topological polar surface area (TPSA) is 54.2 Å². The van der Waals surface area contributed by atoms with E-state index < -0.39 is 0 Å². The van der Waals surface area contributed by atoms with Gasteiger partial charge in [-0.2, -0.15) is 0 Å². The molecular weight excluding hydrogens is 260 g/mol. The Balaban J connectivity index is 1.78. The molecule has 1 aliphatic heterocycles. The van der Waals surface area contributed by atoms with Crippen LogP contribution in [-0.4, -0.2) is 23.3 Å². The molecule has 0 radical (unpaired) electrons. The van der Waals surface area contributed by atoms with Gasteiger partial charge in [0.2, 0.25) is 5.89 Å². The van der Waals surface area contributed by atoms with E-state index >= 15 is 0 Å². The lowest BCUT2D eigenvalue weighted by Crippen LogP contribution is -2.33. The molecule has 2 aromatic heterocycles. The molecule has 0 saturated heterocycles. The molecule has 6 heteroatoms. The molecule has 0 saturated carbocycles. The molecule has 5 nitrogen and oxygen atoms in total. The number of anilines is 1. The summed E-state index contributed by atoms with van der Waals surface area (Å²) in [5.74, 6) is 0.653. The zero-order valence-electron chi connectivity index (χ0n) is 11.2. The third-order valence-corrected chi connectivity index (χ3v) is 4.50. The van der Waals surface area contributed by atoms with Crippen LogP contribution in [0.15, 0.2) is 15.9 Å². The monoisotopic (exact) mass is 278 g/mol. The standard InChI is InChI=1S/C13H18N4OS/c1-3-14-8-12-15-16-13(18-12)17-6-4-11-10(9(17)2)5-7-19-11/h5,7,9,14H,3-4,6,8H2,1-2H3. The van der Waals surface area contributed by atoms with E-state index in [4.69, 9.17) is 4.42 Å². The van der Waals surface area contributed by atoms with E-state index in [0.717, 1.165) is 19.5 Å². The molecule has 0 bridgehead atoms. The van der Waals surface area contributed by atoms with Gasteiger partial charge in [-0.15, -0.1) is 16.4 Å². The summed E-state index contributed by atoms with van der Waals surface area (Å²) < 4.78 is 5.73. The molecule has 0 amide bonds. The van der Waals surface area contributed by atoms with Crippen molar-refractivity contribution >= 4 is 17.4 Å². The largest absolute Gasteiger partial charge is 0.407 e. The van der Waals surface area contributed by atoms with Crippen LogP contribution in [0.25, 0.3) is 0 Å². The molecular formula is C13H18N4OS. The molecule has 0 aromatic carbocycles. The maximum atomic E-state index is 5.73. The van der Waals surface area contributed by atoms with Crippen LogP contribution in [0.3, 0.4) is 0 Å². The Morgan fingerprint density at radius 3 is 3.26 bits per heavy atom. The van der Waals surface area contributed by atoms with Crippen molar-refractivity contribution in [2.45, 2.75) is 32.9 Å². The lowest BCUT2D eigenvalue weighted by Gasteiger charge is -2.31. The van der Waals surface area contributed by atoms with E-state index in [9.17, 15) is 0 Å². The van der Waals surface area contributed by atoms with Crippen molar-refractivity contribution in [1.29, 1.82) is 0 Å². The lowest BCUT2D eigenvalue weighted by atomic mass is 10.0. The number of hydrogen-bond acceptors (Lipinski definition) is 6. The van der Waals surface area contributed by atoms with E-state index in [-0.39, 0.29) is 0 Å². The van der Waals surface area contributed by atoms with Crippen LogP contribution in [0.1, 0.15) is 36.2 Å². The van der Waals surface area contributed by atoms with Gasteiger partial charge in [-0.1, -0.05) is 12.0 Å². The van der Waals surface area contributed by atoms with Crippen LogP contribution in [0.2, 0.25) is 0 Å². The number of hydrogen-bond donors (Lipinski definition) is 1. The summed E-state index contributed by atoms with van der Waals surface area (Å²) in [5, 5.41) is 13.6. The number of nitrogens with zero attached hydrogens (tertiary/aromatic N) is 3. The Kier molecular flexibility index (Phi) is 3.52. The molecule has 2 aromatic rings. The fraction of sp³-hybridized carbons (Fsp3) is 0.538. The van der Waals surface area contributed by atoms with E-state index in [0.29, 0.717) is 24.5 Å². The Bertz CT molecular complexity index is 550. The third-order valence-electron chi connectivity index (χ3n) is 3.51. The van der Waals surface area contributed by atoms with Crippen molar-refractivity contribution in [2.75, 3.05) is 18.0 Å². The van der Waals surface area contributed by atoms with Gasteiger partial charge in [0.15, 0.2) is 0 Å². The number of aromatic nitrogens is 2. The first-order valence-corrected chi connectivity index (χ1v) is 7.53. The molecule has 1 unspecified atom stereocenters. The van der Waals surface area contributed by atoms with Gasteiger partial charge in [0.1, 0.15) is 0 Å². The first-order valence-electron chi connectivity index (χ1n) is 6.65. The number of rotatable bonds is 4. The lowest BCUT2D eigenvalue weighted by molar-refractivity contribution is 0.448. The summed E-state index contributed by atoms with van der Waals surface area (Å²) in [7, 11) is 0. The van der Waals surface area contributed by atoms with Crippen molar-refractivity contribution < 1.29 is 4.42 Å². The predicted octanol–water partition coefficient (Wildman–Crippen LogP) is 2.36. The summed E-state index contributed by atoms with van der Waals surface area (Å²) >= 11 is 1.84. The van der Waals surface area contributed by atoms with Crippen LogP contribution in [-0.2, 0) is 13.0 Å². The Morgan fingerprint density at radius 2 is 2.42 bits per heavy atom. The second-order valence-corrected chi connectivity index (χ2v) is 5.68. The minimum atomic E-state index is 0.308. The maximum Gasteiger partial charge on any atom is 0.318 e. The van der Waals surface area contributed by atoms with Gasteiger partial charge >= 0.3 is 6.01 Å². The molecule has 1 atom stereocenters. The van der Waals surface area contributed by atoms with Crippen LogP contribution in [0.5, 0.6) is 0 Å². The second-order valence-electron chi connectivity index (χ2n) is 4.68. The number of thiophene rings is 1. The van der Waals surface area contributed by atoms with Gasteiger partial charge in [-0.3, -0.25) is 0 Å². The molecule has 0 spiro atoms. The predicted molar refractivity (Wildman–Crippen MR) is 75.5 cm³/mol. The van der Waals surface area contributed by atoms with E-state index in [2.05, 4.69) is 45.7 Å². The second kappa shape index (κ2) is 5.30.